The molecule has 37 heavy (non-hydrogen) atoms. The molecule has 14 unspecified atom stereocenters. The van der Waals surface area contributed by atoms with Gasteiger partial charge in [0.05, 0.1) is 30.3 Å². The maximum Gasteiger partial charge on any atom is 0.308 e. The van der Waals surface area contributed by atoms with Gasteiger partial charge in [0.25, 0.3) is 0 Å². The van der Waals surface area contributed by atoms with E-state index in [0.717, 1.165) is 32.4 Å². The van der Waals surface area contributed by atoms with Gasteiger partial charge in [-0.3, -0.25) is 9.69 Å². The maximum atomic E-state index is 13.2. The third-order valence-electron chi connectivity index (χ3n) is 12.5. The molecule has 0 amide bonds. The van der Waals surface area contributed by atoms with Gasteiger partial charge in [0.2, 0.25) is 0 Å². The van der Waals surface area contributed by atoms with Crippen molar-refractivity contribution in [1.82, 2.24) is 4.90 Å². The number of methoxy groups -OCH3 is 3. The SMILES string of the molecule is CCC(C)C(=O)OC1C2CC3C1C(O)(CC2OC)C1(O)C(OC)C2C4(C)CCC(OC)C32C1N(CC)C4. The summed E-state index contributed by atoms with van der Waals surface area (Å²) in [6.07, 6.45) is 2.27. The molecule has 1 aliphatic heterocycles. The number of hydrogen-bond acceptors (Lipinski definition) is 8. The number of ether oxygens (including phenoxy) is 4. The highest BCUT2D eigenvalue weighted by Crippen LogP contribution is 2.80. The smallest absolute Gasteiger partial charge is 0.308 e. The first-order chi connectivity index (χ1) is 17.5. The first-order valence-corrected chi connectivity index (χ1v) is 14.5. The molecule has 6 aliphatic rings. The number of piperidine rings is 1. The van der Waals surface area contributed by atoms with Crippen LogP contribution in [0.1, 0.15) is 59.8 Å². The van der Waals surface area contributed by atoms with Gasteiger partial charge in [0.1, 0.15) is 17.3 Å². The molecule has 0 radical (unpaired) electrons. The third kappa shape index (κ3) is 2.78. The highest BCUT2D eigenvalue weighted by atomic mass is 16.6. The topological polar surface area (TPSA) is 97.7 Å². The average molecular weight is 522 g/mol. The molecule has 8 nitrogen and oxygen atoms in total. The molecule has 1 saturated heterocycles. The summed E-state index contributed by atoms with van der Waals surface area (Å²) >= 11 is 0. The minimum atomic E-state index is -1.55. The van der Waals surface area contributed by atoms with E-state index in [9.17, 15) is 15.0 Å². The number of esters is 1. The highest BCUT2D eigenvalue weighted by molar-refractivity contribution is 5.72. The Morgan fingerprint density at radius 1 is 1.14 bits per heavy atom. The predicted octanol–water partition coefficient (Wildman–Crippen LogP) is 2.24. The first-order valence-electron chi connectivity index (χ1n) is 14.5. The number of carbonyl (C=O) groups excluding carboxylic acids is 1. The van der Waals surface area contributed by atoms with Gasteiger partial charge in [-0.15, -0.1) is 0 Å². The Labute approximate surface area is 221 Å². The van der Waals surface area contributed by atoms with Crippen LogP contribution >= 0.6 is 0 Å². The molecule has 0 aromatic heterocycles. The van der Waals surface area contributed by atoms with Gasteiger partial charge in [-0.2, -0.15) is 0 Å². The number of rotatable bonds is 7. The van der Waals surface area contributed by atoms with Gasteiger partial charge in [0, 0.05) is 57.5 Å². The van der Waals surface area contributed by atoms with Crippen LogP contribution in [-0.4, -0.2) is 97.2 Å². The van der Waals surface area contributed by atoms with Crippen LogP contribution in [0.25, 0.3) is 0 Å². The summed E-state index contributed by atoms with van der Waals surface area (Å²) in [6, 6.07) is -0.301. The molecule has 1 spiro atoms. The Balaban J connectivity index is 1.60. The summed E-state index contributed by atoms with van der Waals surface area (Å²) in [5, 5.41) is 26.1. The zero-order chi connectivity index (χ0) is 26.7. The van der Waals surface area contributed by atoms with Crippen molar-refractivity contribution < 1.29 is 34.0 Å². The first kappa shape index (κ1) is 26.5. The Morgan fingerprint density at radius 3 is 2.46 bits per heavy atom. The van der Waals surface area contributed by atoms with E-state index in [4.69, 9.17) is 18.9 Å². The lowest BCUT2D eigenvalue weighted by atomic mass is 9.43. The molecule has 1 heterocycles. The second kappa shape index (κ2) is 8.37. The fourth-order valence-electron chi connectivity index (χ4n) is 11.3. The fourth-order valence-corrected chi connectivity index (χ4v) is 11.3. The standard InChI is InChI=1S/C29H47NO7/c1-8-15(3)24(31)37-21-16-12-17-20(21)27(32,13-18(16)34-5)29(33)23(36-7)22-26(4)11-10-19(35-6)28(17,22)25(29)30(9-2)14-26/h15-23,25,32-33H,8-14H2,1-7H3. The van der Waals surface area contributed by atoms with Gasteiger partial charge in [-0.25, -0.2) is 0 Å². The molecule has 6 rings (SSSR count). The van der Waals surface area contributed by atoms with Crippen molar-refractivity contribution in [3.8, 4) is 0 Å². The zero-order valence-corrected chi connectivity index (χ0v) is 23.6. The van der Waals surface area contributed by atoms with Gasteiger partial charge in [-0.1, -0.05) is 27.7 Å². The lowest BCUT2D eigenvalue weighted by molar-refractivity contribution is -0.318. The normalized spacial score (nSPS) is 56.3. The predicted molar refractivity (Wildman–Crippen MR) is 136 cm³/mol. The molecule has 14 atom stereocenters. The van der Waals surface area contributed by atoms with Crippen LogP contribution < -0.4 is 0 Å². The van der Waals surface area contributed by atoms with Crippen LogP contribution in [0.15, 0.2) is 0 Å². The molecular formula is C29H47NO7. The molecule has 7 bridgehead atoms. The van der Waals surface area contributed by atoms with E-state index in [1.54, 1.807) is 21.3 Å². The molecule has 0 aromatic carbocycles. The average Bonchev–Trinajstić information content (AvgIpc) is 3.28. The second-order valence-corrected chi connectivity index (χ2v) is 13.5. The molecule has 8 heteroatoms. The summed E-state index contributed by atoms with van der Waals surface area (Å²) in [6.45, 7) is 10.0. The molecule has 5 aliphatic carbocycles. The van der Waals surface area contributed by atoms with Crippen LogP contribution in [0.3, 0.4) is 0 Å². The number of fused-ring (bicyclic) bond motifs is 2. The summed E-state index contributed by atoms with van der Waals surface area (Å²) in [5.41, 5.74) is -3.56. The van der Waals surface area contributed by atoms with Gasteiger partial charge >= 0.3 is 5.97 Å². The number of likely N-dealkylation sites (tertiary alicyclic amines) is 1. The van der Waals surface area contributed by atoms with E-state index in [1.807, 2.05) is 13.8 Å². The molecule has 5 saturated carbocycles. The highest BCUT2D eigenvalue weighted by Gasteiger charge is 2.91. The Hall–Kier alpha value is -0.770. The lowest BCUT2D eigenvalue weighted by Crippen LogP contribution is -2.81. The van der Waals surface area contributed by atoms with Crippen LogP contribution in [0.5, 0.6) is 0 Å². The lowest BCUT2D eigenvalue weighted by Gasteiger charge is -2.69. The van der Waals surface area contributed by atoms with Gasteiger partial charge in [-0.05, 0) is 43.6 Å². The van der Waals surface area contributed by atoms with E-state index >= 15 is 0 Å². The maximum absolute atomic E-state index is 13.2. The Kier molecular flexibility index (Phi) is 5.98. The van der Waals surface area contributed by atoms with E-state index in [-0.39, 0.29) is 53.3 Å². The molecular weight excluding hydrogens is 474 g/mol. The zero-order valence-electron chi connectivity index (χ0n) is 23.6. The minimum Gasteiger partial charge on any atom is -0.461 e. The molecule has 0 aromatic rings. The largest absolute Gasteiger partial charge is 0.461 e. The molecule has 210 valence electrons. The third-order valence-corrected chi connectivity index (χ3v) is 12.5. The van der Waals surface area contributed by atoms with Crippen molar-refractivity contribution in [2.45, 2.75) is 101 Å². The monoisotopic (exact) mass is 521 g/mol. The fraction of sp³-hybridized carbons (Fsp3) is 0.966. The summed E-state index contributed by atoms with van der Waals surface area (Å²) in [5.74, 6) is -0.805. The summed E-state index contributed by atoms with van der Waals surface area (Å²) < 4.78 is 25.0. The van der Waals surface area contributed by atoms with Crippen molar-refractivity contribution >= 4 is 5.97 Å². The van der Waals surface area contributed by atoms with E-state index in [1.165, 1.54) is 0 Å². The Morgan fingerprint density at radius 2 is 1.86 bits per heavy atom. The van der Waals surface area contributed by atoms with Crippen molar-refractivity contribution in [1.29, 1.82) is 0 Å². The van der Waals surface area contributed by atoms with Gasteiger partial charge < -0.3 is 29.2 Å². The minimum absolute atomic E-state index is 0.0201. The van der Waals surface area contributed by atoms with E-state index in [0.29, 0.717) is 12.8 Å². The number of nitrogens with zero attached hydrogens (tertiary/aromatic N) is 1. The number of hydrogen-bond donors (Lipinski definition) is 2. The van der Waals surface area contributed by atoms with Crippen LogP contribution in [-0.2, 0) is 23.7 Å². The van der Waals surface area contributed by atoms with E-state index in [2.05, 4.69) is 18.7 Å². The number of carbonyl (C=O) groups is 1. The summed E-state index contributed by atoms with van der Waals surface area (Å²) in [4.78, 5) is 15.6. The van der Waals surface area contributed by atoms with Crippen LogP contribution in [0.2, 0.25) is 0 Å². The van der Waals surface area contributed by atoms with Crippen molar-refractivity contribution in [3.63, 3.8) is 0 Å². The number of aliphatic hydroxyl groups is 2. The quantitative estimate of drug-likeness (QED) is 0.493. The Bertz CT molecular complexity index is 947. The molecule has 6 fully saturated rings. The van der Waals surface area contributed by atoms with Crippen molar-refractivity contribution in [3.05, 3.63) is 0 Å². The molecule has 2 N–H and O–H groups in total. The van der Waals surface area contributed by atoms with Crippen molar-refractivity contribution in [2.75, 3.05) is 34.4 Å². The van der Waals surface area contributed by atoms with Crippen LogP contribution in [0, 0.1) is 40.4 Å². The van der Waals surface area contributed by atoms with Crippen LogP contribution in [0.4, 0.5) is 0 Å². The van der Waals surface area contributed by atoms with E-state index < -0.39 is 34.7 Å². The second-order valence-electron chi connectivity index (χ2n) is 13.5. The number of likely N-dealkylation sites (N-methyl/N-ethyl adjacent to an activating group) is 1. The van der Waals surface area contributed by atoms with Crippen molar-refractivity contribution in [2.24, 2.45) is 40.4 Å². The summed E-state index contributed by atoms with van der Waals surface area (Å²) in [7, 11) is 5.16. The van der Waals surface area contributed by atoms with Gasteiger partial charge in [0.15, 0.2) is 0 Å².